The summed E-state index contributed by atoms with van der Waals surface area (Å²) in [5.41, 5.74) is 3.76. The lowest BCUT2D eigenvalue weighted by Crippen LogP contribution is -2.26. The van der Waals surface area contributed by atoms with Crippen molar-refractivity contribution < 1.29 is 4.79 Å². The van der Waals surface area contributed by atoms with Gasteiger partial charge in [-0.1, -0.05) is 6.07 Å². The lowest BCUT2D eigenvalue weighted by atomic mass is 9.97. The molecule has 108 valence electrons. The summed E-state index contributed by atoms with van der Waals surface area (Å²) in [5, 5.41) is 6.27. The van der Waals surface area contributed by atoms with Gasteiger partial charge in [0, 0.05) is 24.0 Å². The van der Waals surface area contributed by atoms with Crippen LogP contribution in [0.15, 0.2) is 30.5 Å². The van der Waals surface area contributed by atoms with E-state index >= 15 is 0 Å². The number of hydrogen-bond acceptors (Lipinski definition) is 4. The van der Waals surface area contributed by atoms with E-state index in [-0.39, 0.29) is 5.91 Å². The van der Waals surface area contributed by atoms with Crippen LogP contribution in [0.25, 0.3) is 0 Å². The average molecular weight is 282 g/mol. The molecule has 5 heteroatoms. The van der Waals surface area contributed by atoms with Crippen LogP contribution in [0.1, 0.15) is 33.9 Å². The van der Waals surface area contributed by atoms with E-state index in [4.69, 9.17) is 0 Å². The SMILES string of the molecule is Cc1nccc(CNC(=O)c2cccc3c2CCCN3)n1. The number of aryl methyl sites for hydroxylation is 1. The molecule has 1 amide bonds. The normalized spacial score (nSPS) is 13.2. The smallest absolute Gasteiger partial charge is 0.251 e. The van der Waals surface area contributed by atoms with Crippen LogP contribution in [0.2, 0.25) is 0 Å². The first-order valence-electron chi connectivity index (χ1n) is 7.16. The van der Waals surface area contributed by atoms with Gasteiger partial charge in [-0.05, 0) is 43.5 Å². The van der Waals surface area contributed by atoms with Gasteiger partial charge >= 0.3 is 0 Å². The highest BCUT2D eigenvalue weighted by Crippen LogP contribution is 2.25. The van der Waals surface area contributed by atoms with E-state index in [1.807, 2.05) is 31.2 Å². The van der Waals surface area contributed by atoms with E-state index in [0.29, 0.717) is 12.4 Å². The fourth-order valence-electron chi connectivity index (χ4n) is 2.59. The highest BCUT2D eigenvalue weighted by Gasteiger charge is 2.17. The molecular formula is C16H18N4O. The first-order valence-corrected chi connectivity index (χ1v) is 7.16. The number of anilines is 1. The number of nitrogens with zero attached hydrogens (tertiary/aromatic N) is 2. The molecule has 0 saturated heterocycles. The largest absolute Gasteiger partial charge is 0.385 e. The molecule has 1 aromatic carbocycles. The number of benzene rings is 1. The number of aromatic nitrogens is 2. The molecule has 0 spiro atoms. The molecule has 0 unspecified atom stereocenters. The predicted molar refractivity (Wildman–Crippen MR) is 81.2 cm³/mol. The van der Waals surface area contributed by atoms with E-state index in [1.165, 1.54) is 0 Å². The second kappa shape index (κ2) is 5.91. The van der Waals surface area contributed by atoms with Crippen molar-refractivity contribution >= 4 is 11.6 Å². The van der Waals surface area contributed by atoms with Crippen LogP contribution in [0, 0.1) is 6.92 Å². The van der Waals surface area contributed by atoms with E-state index in [1.54, 1.807) is 6.20 Å². The molecule has 21 heavy (non-hydrogen) atoms. The van der Waals surface area contributed by atoms with Crippen LogP contribution in [0.5, 0.6) is 0 Å². The van der Waals surface area contributed by atoms with Gasteiger partial charge < -0.3 is 10.6 Å². The van der Waals surface area contributed by atoms with Crippen molar-refractivity contribution in [3.05, 3.63) is 53.1 Å². The molecular weight excluding hydrogens is 264 g/mol. The Kier molecular flexibility index (Phi) is 3.81. The van der Waals surface area contributed by atoms with Crippen LogP contribution in [-0.2, 0) is 13.0 Å². The Hall–Kier alpha value is -2.43. The lowest BCUT2D eigenvalue weighted by Gasteiger charge is -2.20. The monoisotopic (exact) mass is 282 g/mol. The lowest BCUT2D eigenvalue weighted by molar-refractivity contribution is 0.0949. The van der Waals surface area contributed by atoms with Gasteiger partial charge in [-0.25, -0.2) is 9.97 Å². The third-order valence-electron chi connectivity index (χ3n) is 3.60. The van der Waals surface area contributed by atoms with Crippen LogP contribution in [-0.4, -0.2) is 22.4 Å². The maximum atomic E-state index is 12.4. The second-order valence-corrected chi connectivity index (χ2v) is 5.14. The van der Waals surface area contributed by atoms with Gasteiger partial charge in [0.15, 0.2) is 0 Å². The predicted octanol–water partition coefficient (Wildman–Crippen LogP) is 2.07. The van der Waals surface area contributed by atoms with Crippen LogP contribution in [0.4, 0.5) is 5.69 Å². The van der Waals surface area contributed by atoms with Gasteiger partial charge in [0.05, 0.1) is 12.2 Å². The second-order valence-electron chi connectivity index (χ2n) is 5.14. The summed E-state index contributed by atoms with van der Waals surface area (Å²) in [6, 6.07) is 7.64. The first-order chi connectivity index (χ1) is 10.2. The maximum Gasteiger partial charge on any atom is 0.251 e. The summed E-state index contributed by atoms with van der Waals surface area (Å²) < 4.78 is 0. The molecule has 0 fully saturated rings. The number of hydrogen-bond donors (Lipinski definition) is 2. The Balaban J connectivity index is 1.74. The van der Waals surface area contributed by atoms with E-state index in [0.717, 1.165) is 41.9 Å². The summed E-state index contributed by atoms with van der Waals surface area (Å²) in [4.78, 5) is 20.7. The summed E-state index contributed by atoms with van der Waals surface area (Å²) in [5.74, 6) is 0.662. The van der Waals surface area contributed by atoms with Gasteiger partial charge in [0.1, 0.15) is 5.82 Å². The number of nitrogens with one attached hydrogen (secondary N) is 2. The Morgan fingerprint density at radius 2 is 2.29 bits per heavy atom. The zero-order valence-corrected chi connectivity index (χ0v) is 12.0. The minimum Gasteiger partial charge on any atom is -0.385 e. The Labute approximate surface area is 123 Å². The van der Waals surface area contributed by atoms with Crippen molar-refractivity contribution in [2.45, 2.75) is 26.3 Å². The van der Waals surface area contributed by atoms with Crippen LogP contribution < -0.4 is 10.6 Å². The van der Waals surface area contributed by atoms with E-state index < -0.39 is 0 Å². The number of carbonyl (C=O) groups is 1. The molecule has 3 rings (SSSR count). The Morgan fingerprint density at radius 1 is 1.38 bits per heavy atom. The number of rotatable bonds is 3. The Morgan fingerprint density at radius 3 is 3.14 bits per heavy atom. The zero-order valence-electron chi connectivity index (χ0n) is 12.0. The molecule has 0 atom stereocenters. The van der Waals surface area contributed by atoms with Gasteiger partial charge in [-0.2, -0.15) is 0 Å². The third-order valence-corrected chi connectivity index (χ3v) is 3.60. The fraction of sp³-hybridized carbons (Fsp3) is 0.312. The summed E-state index contributed by atoms with van der Waals surface area (Å²) in [7, 11) is 0. The topological polar surface area (TPSA) is 66.9 Å². The van der Waals surface area contributed by atoms with Crippen molar-refractivity contribution in [3.63, 3.8) is 0 Å². The minimum absolute atomic E-state index is 0.0492. The van der Waals surface area contributed by atoms with Crippen molar-refractivity contribution in [2.24, 2.45) is 0 Å². The number of carbonyl (C=O) groups excluding carboxylic acids is 1. The average Bonchev–Trinajstić information content (AvgIpc) is 2.52. The maximum absolute atomic E-state index is 12.4. The number of fused-ring (bicyclic) bond motifs is 1. The minimum atomic E-state index is -0.0492. The molecule has 5 nitrogen and oxygen atoms in total. The van der Waals surface area contributed by atoms with Crippen molar-refractivity contribution in [2.75, 3.05) is 11.9 Å². The molecule has 2 N–H and O–H groups in total. The van der Waals surface area contributed by atoms with E-state index in [2.05, 4.69) is 20.6 Å². The summed E-state index contributed by atoms with van der Waals surface area (Å²) in [6.07, 6.45) is 3.71. The van der Waals surface area contributed by atoms with Gasteiger partial charge in [0.2, 0.25) is 0 Å². The summed E-state index contributed by atoms with van der Waals surface area (Å²) >= 11 is 0. The molecule has 2 heterocycles. The van der Waals surface area contributed by atoms with Crippen molar-refractivity contribution in [3.8, 4) is 0 Å². The number of amides is 1. The summed E-state index contributed by atoms with van der Waals surface area (Å²) in [6.45, 7) is 3.22. The van der Waals surface area contributed by atoms with Gasteiger partial charge in [-0.3, -0.25) is 4.79 Å². The highest BCUT2D eigenvalue weighted by atomic mass is 16.1. The van der Waals surface area contributed by atoms with Crippen LogP contribution >= 0.6 is 0 Å². The molecule has 1 aliphatic rings. The third kappa shape index (κ3) is 3.02. The van der Waals surface area contributed by atoms with E-state index in [9.17, 15) is 4.79 Å². The molecule has 1 aromatic heterocycles. The first kappa shape index (κ1) is 13.5. The molecule has 0 aliphatic carbocycles. The van der Waals surface area contributed by atoms with Crippen LogP contribution in [0.3, 0.4) is 0 Å². The molecule has 2 aromatic rings. The van der Waals surface area contributed by atoms with Crippen molar-refractivity contribution in [1.82, 2.24) is 15.3 Å². The van der Waals surface area contributed by atoms with Crippen molar-refractivity contribution in [1.29, 1.82) is 0 Å². The molecule has 1 aliphatic heterocycles. The standard InChI is InChI=1S/C16H18N4O/c1-11-17-9-7-12(20-11)10-19-16(21)14-4-2-6-15-13(14)5-3-8-18-15/h2,4,6-7,9,18H,3,5,8,10H2,1H3,(H,19,21). The Bertz CT molecular complexity index is 669. The van der Waals surface area contributed by atoms with Gasteiger partial charge in [-0.15, -0.1) is 0 Å². The fourth-order valence-corrected chi connectivity index (χ4v) is 2.59. The van der Waals surface area contributed by atoms with Gasteiger partial charge in [0.25, 0.3) is 5.91 Å². The molecule has 0 bridgehead atoms. The zero-order chi connectivity index (χ0) is 14.7. The molecule has 0 radical (unpaired) electrons. The quantitative estimate of drug-likeness (QED) is 0.904. The highest BCUT2D eigenvalue weighted by molar-refractivity contribution is 5.97. The molecule has 0 saturated carbocycles.